The van der Waals surface area contributed by atoms with Gasteiger partial charge in [-0.1, -0.05) is 55.2 Å². The molecule has 0 saturated carbocycles. The van der Waals surface area contributed by atoms with Gasteiger partial charge < -0.3 is 4.74 Å². The highest BCUT2D eigenvalue weighted by molar-refractivity contribution is 14.1. The quantitative estimate of drug-likeness (QED) is 0.403. The molecule has 0 aromatic carbocycles. The summed E-state index contributed by atoms with van der Waals surface area (Å²) in [4.78, 5) is 0. The maximum absolute atomic E-state index is 6.07. The van der Waals surface area contributed by atoms with Crippen LogP contribution in [0.1, 0.15) is 58.8 Å². The monoisotopic (exact) mass is 310 g/mol. The number of halogens is 1. The molecule has 1 aliphatic rings. The molecular formula is C12H23IO. The third-order valence-corrected chi connectivity index (χ3v) is 4.72. The molecule has 0 unspecified atom stereocenters. The van der Waals surface area contributed by atoms with Crippen molar-refractivity contribution >= 4 is 22.6 Å². The Hall–Kier alpha value is 0.690. The van der Waals surface area contributed by atoms with Crippen LogP contribution in [0.2, 0.25) is 0 Å². The van der Waals surface area contributed by atoms with Crippen molar-refractivity contribution in [1.82, 2.24) is 0 Å². The summed E-state index contributed by atoms with van der Waals surface area (Å²) < 4.78 is 7.21. The Morgan fingerprint density at radius 2 is 2.14 bits per heavy atom. The third-order valence-electron chi connectivity index (χ3n) is 3.11. The van der Waals surface area contributed by atoms with E-state index < -0.39 is 0 Å². The van der Waals surface area contributed by atoms with Crippen molar-refractivity contribution in [3.8, 4) is 0 Å². The van der Waals surface area contributed by atoms with Gasteiger partial charge in [0, 0.05) is 4.43 Å². The Balaban J connectivity index is 2.10. The zero-order valence-corrected chi connectivity index (χ0v) is 11.7. The van der Waals surface area contributed by atoms with E-state index >= 15 is 0 Å². The third kappa shape index (κ3) is 4.05. The van der Waals surface area contributed by atoms with Gasteiger partial charge in [-0.2, -0.15) is 0 Å². The van der Waals surface area contributed by atoms with Crippen molar-refractivity contribution in [3.05, 3.63) is 0 Å². The van der Waals surface area contributed by atoms with Gasteiger partial charge in [0.25, 0.3) is 0 Å². The lowest BCUT2D eigenvalue weighted by Crippen LogP contribution is -2.26. The normalized spacial score (nSPS) is 32.4. The van der Waals surface area contributed by atoms with E-state index in [4.69, 9.17) is 4.74 Å². The summed E-state index contributed by atoms with van der Waals surface area (Å²) in [5, 5.41) is 0. The molecule has 0 amide bonds. The fourth-order valence-corrected chi connectivity index (χ4v) is 2.65. The number of alkyl halides is 1. The van der Waals surface area contributed by atoms with Crippen molar-refractivity contribution in [2.45, 2.75) is 70.5 Å². The molecule has 0 N–H and O–H groups in total. The molecule has 0 aromatic heterocycles. The van der Waals surface area contributed by atoms with E-state index in [1.165, 1.54) is 44.9 Å². The molecule has 84 valence electrons. The van der Waals surface area contributed by atoms with Gasteiger partial charge in [0.2, 0.25) is 0 Å². The van der Waals surface area contributed by atoms with Crippen LogP contribution in [0.5, 0.6) is 0 Å². The van der Waals surface area contributed by atoms with E-state index in [9.17, 15) is 0 Å². The second kappa shape index (κ2) is 6.31. The van der Waals surface area contributed by atoms with Crippen LogP contribution in [0.15, 0.2) is 0 Å². The Morgan fingerprint density at radius 1 is 1.36 bits per heavy atom. The van der Waals surface area contributed by atoms with Crippen LogP contribution in [0, 0.1) is 0 Å². The molecule has 2 heteroatoms. The zero-order chi connectivity index (χ0) is 10.4. The smallest absolute Gasteiger partial charge is 0.0748 e. The van der Waals surface area contributed by atoms with E-state index in [1.807, 2.05) is 0 Å². The van der Waals surface area contributed by atoms with E-state index in [0.29, 0.717) is 6.10 Å². The summed E-state index contributed by atoms with van der Waals surface area (Å²) in [5.41, 5.74) is 0.190. The predicted molar refractivity (Wildman–Crippen MR) is 70.2 cm³/mol. The highest BCUT2D eigenvalue weighted by Crippen LogP contribution is 2.33. The Morgan fingerprint density at radius 3 is 2.71 bits per heavy atom. The van der Waals surface area contributed by atoms with Crippen molar-refractivity contribution in [2.75, 3.05) is 4.43 Å². The van der Waals surface area contributed by atoms with Crippen molar-refractivity contribution in [1.29, 1.82) is 0 Å². The van der Waals surface area contributed by atoms with Crippen LogP contribution in [-0.4, -0.2) is 16.1 Å². The first-order chi connectivity index (χ1) is 6.70. The van der Waals surface area contributed by atoms with Gasteiger partial charge in [-0.3, -0.25) is 0 Å². The first kappa shape index (κ1) is 12.8. The molecule has 2 atom stereocenters. The molecule has 0 aromatic rings. The van der Waals surface area contributed by atoms with Gasteiger partial charge in [-0.15, -0.1) is 0 Å². The maximum atomic E-state index is 6.07. The first-order valence-electron chi connectivity index (χ1n) is 5.94. The largest absolute Gasteiger partial charge is 0.371 e. The van der Waals surface area contributed by atoms with E-state index in [1.54, 1.807) is 0 Å². The first-order valence-corrected chi connectivity index (χ1v) is 7.46. The van der Waals surface area contributed by atoms with E-state index in [2.05, 4.69) is 36.4 Å². The van der Waals surface area contributed by atoms with Crippen LogP contribution in [0.3, 0.4) is 0 Å². The summed E-state index contributed by atoms with van der Waals surface area (Å²) in [6.45, 7) is 4.52. The molecule has 1 nitrogen and oxygen atoms in total. The maximum Gasteiger partial charge on any atom is 0.0748 e. The molecule has 1 fully saturated rings. The summed E-state index contributed by atoms with van der Waals surface area (Å²) in [6, 6.07) is 0. The summed E-state index contributed by atoms with van der Waals surface area (Å²) >= 11 is 2.44. The highest BCUT2D eigenvalue weighted by Gasteiger charge is 2.34. The van der Waals surface area contributed by atoms with Crippen LogP contribution in [-0.2, 0) is 4.74 Å². The minimum Gasteiger partial charge on any atom is -0.371 e. The van der Waals surface area contributed by atoms with Gasteiger partial charge in [0.15, 0.2) is 0 Å². The topological polar surface area (TPSA) is 9.23 Å². The zero-order valence-electron chi connectivity index (χ0n) is 9.52. The van der Waals surface area contributed by atoms with Crippen LogP contribution in [0.4, 0.5) is 0 Å². The lowest BCUT2D eigenvalue weighted by molar-refractivity contribution is -0.0139. The van der Waals surface area contributed by atoms with E-state index in [0.717, 1.165) is 4.43 Å². The molecule has 1 heterocycles. The molecular weight excluding hydrogens is 287 g/mol. The Kier molecular flexibility index (Phi) is 5.75. The summed E-state index contributed by atoms with van der Waals surface area (Å²) in [5.74, 6) is 0. The number of rotatable bonds is 6. The molecule has 0 radical (unpaired) electrons. The number of hydrogen-bond acceptors (Lipinski definition) is 1. The summed E-state index contributed by atoms with van der Waals surface area (Å²) in [6.07, 6.45) is 9.85. The van der Waals surface area contributed by atoms with Crippen LogP contribution in [0.25, 0.3) is 0 Å². The second-order valence-electron chi connectivity index (χ2n) is 4.71. The molecule has 1 rings (SSSR count). The van der Waals surface area contributed by atoms with Crippen molar-refractivity contribution < 1.29 is 4.74 Å². The Labute approximate surface area is 102 Å². The van der Waals surface area contributed by atoms with Gasteiger partial charge in [0.1, 0.15) is 0 Å². The van der Waals surface area contributed by atoms with E-state index in [-0.39, 0.29) is 5.60 Å². The molecule has 0 aliphatic carbocycles. The number of ether oxygens (including phenoxy) is 1. The van der Waals surface area contributed by atoms with Crippen molar-refractivity contribution in [3.63, 3.8) is 0 Å². The predicted octanol–water partition coefficient (Wildman–Crippen LogP) is 4.33. The highest BCUT2D eigenvalue weighted by atomic mass is 127. The fraction of sp³-hybridized carbons (Fsp3) is 1.00. The molecule has 0 spiro atoms. The van der Waals surface area contributed by atoms with Crippen molar-refractivity contribution in [2.24, 2.45) is 0 Å². The molecule has 1 aliphatic heterocycles. The average molecular weight is 310 g/mol. The minimum atomic E-state index is 0.190. The van der Waals surface area contributed by atoms with Gasteiger partial charge in [-0.05, 0) is 26.2 Å². The fourth-order valence-electron chi connectivity index (χ4n) is 2.09. The molecule has 1 saturated heterocycles. The second-order valence-corrected chi connectivity index (χ2v) is 5.47. The lowest BCUT2D eigenvalue weighted by atomic mass is 10.0. The van der Waals surface area contributed by atoms with Crippen LogP contribution < -0.4 is 0 Å². The minimum absolute atomic E-state index is 0.190. The van der Waals surface area contributed by atoms with Gasteiger partial charge in [0.05, 0.1) is 11.7 Å². The number of hydrogen-bond donors (Lipinski definition) is 0. The standard InChI is InChI=1S/C12H23IO/c1-3-4-5-6-7-11-8-9-12(2,10-13)14-11/h11H,3-10H2,1-2H3/t11-,12+/m0/s1. The summed E-state index contributed by atoms with van der Waals surface area (Å²) in [7, 11) is 0. The number of unbranched alkanes of at least 4 members (excludes halogenated alkanes) is 3. The Bertz CT molecular complexity index is 160. The van der Waals surface area contributed by atoms with Crippen LogP contribution >= 0.6 is 22.6 Å². The molecule has 0 bridgehead atoms. The SMILES string of the molecule is CCCCCC[C@H]1CC[C@](C)(CI)O1. The molecule has 14 heavy (non-hydrogen) atoms. The average Bonchev–Trinajstić information content (AvgIpc) is 2.56. The van der Waals surface area contributed by atoms with Gasteiger partial charge >= 0.3 is 0 Å². The lowest BCUT2D eigenvalue weighted by Gasteiger charge is -2.22. The van der Waals surface area contributed by atoms with Gasteiger partial charge in [-0.25, -0.2) is 0 Å².